The van der Waals surface area contributed by atoms with Gasteiger partial charge in [-0.15, -0.1) is 0 Å². The molecule has 1 amide bonds. The van der Waals surface area contributed by atoms with Gasteiger partial charge in [-0.3, -0.25) is 4.79 Å². The van der Waals surface area contributed by atoms with Gasteiger partial charge in [-0.25, -0.2) is 0 Å². The third-order valence-electron chi connectivity index (χ3n) is 2.78. The Morgan fingerprint density at radius 3 is 2.55 bits per heavy atom. The molecule has 20 heavy (non-hydrogen) atoms. The molecule has 2 aromatic rings. The van der Waals surface area contributed by atoms with E-state index in [-0.39, 0.29) is 5.91 Å². The van der Waals surface area contributed by atoms with Crippen molar-refractivity contribution in [1.29, 1.82) is 0 Å². The summed E-state index contributed by atoms with van der Waals surface area (Å²) in [4.78, 5) is 12.0. The molecule has 0 aliphatic rings. The highest BCUT2D eigenvalue weighted by Gasteiger charge is 2.08. The van der Waals surface area contributed by atoms with E-state index in [0.29, 0.717) is 22.9 Å². The lowest BCUT2D eigenvalue weighted by molar-refractivity contribution is 0.0951. The van der Waals surface area contributed by atoms with Gasteiger partial charge in [0.15, 0.2) is 0 Å². The van der Waals surface area contributed by atoms with Gasteiger partial charge in [-0.1, -0.05) is 23.7 Å². The molecule has 1 N–H and O–H groups in total. The van der Waals surface area contributed by atoms with E-state index in [1.54, 1.807) is 37.4 Å². The van der Waals surface area contributed by atoms with Crippen LogP contribution in [-0.2, 0) is 6.54 Å². The van der Waals surface area contributed by atoms with E-state index in [4.69, 9.17) is 16.3 Å². The smallest absolute Gasteiger partial charge is 0.251 e. The monoisotopic (exact) mass is 353 g/mol. The van der Waals surface area contributed by atoms with E-state index in [1.165, 1.54) is 0 Å². The number of methoxy groups -OCH3 is 1. The van der Waals surface area contributed by atoms with Crippen molar-refractivity contribution in [1.82, 2.24) is 5.32 Å². The van der Waals surface area contributed by atoms with Crippen molar-refractivity contribution in [2.45, 2.75) is 6.54 Å². The number of amides is 1. The summed E-state index contributed by atoms with van der Waals surface area (Å²) in [7, 11) is 1.58. The second kappa shape index (κ2) is 6.77. The third kappa shape index (κ3) is 3.74. The van der Waals surface area contributed by atoms with Crippen LogP contribution in [0.3, 0.4) is 0 Å². The molecule has 0 saturated heterocycles. The quantitative estimate of drug-likeness (QED) is 0.900. The summed E-state index contributed by atoms with van der Waals surface area (Å²) >= 11 is 9.17. The lowest BCUT2D eigenvalue weighted by Gasteiger charge is -2.08. The van der Waals surface area contributed by atoms with Crippen LogP contribution >= 0.6 is 27.5 Å². The maximum atomic E-state index is 12.0. The average Bonchev–Trinajstić information content (AvgIpc) is 2.46. The minimum absolute atomic E-state index is 0.136. The number of carbonyl (C=O) groups excluding carboxylic acids is 1. The van der Waals surface area contributed by atoms with Crippen LogP contribution in [0, 0.1) is 0 Å². The number of hydrogen-bond acceptors (Lipinski definition) is 2. The van der Waals surface area contributed by atoms with E-state index < -0.39 is 0 Å². The number of carbonyl (C=O) groups is 1. The molecule has 0 bridgehead atoms. The molecule has 0 saturated carbocycles. The van der Waals surface area contributed by atoms with Crippen LogP contribution in [0.2, 0.25) is 5.02 Å². The highest BCUT2D eigenvalue weighted by Crippen LogP contribution is 2.25. The zero-order valence-electron chi connectivity index (χ0n) is 10.8. The predicted octanol–water partition coefficient (Wildman–Crippen LogP) is 4.04. The van der Waals surface area contributed by atoms with Gasteiger partial charge in [-0.05, 0) is 51.8 Å². The van der Waals surface area contributed by atoms with Crippen molar-refractivity contribution < 1.29 is 9.53 Å². The lowest BCUT2D eigenvalue weighted by Crippen LogP contribution is -2.22. The average molecular weight is 355 g/mol. The first-order chi connectivity index (χ1) is 9.60. The number of rotatable bonds is 4. The van der Waals surface area contributed by atoms with Crippen molar-refractivity contribution in [3.63, 3.8) is 0 Å². The predicted molar refractivity (Wildman–Crippen MR) is 83.3 cm³/mol. The standard InChI is InChI=1S/C15H13BrClNO2/c1-20-14-7-4-11(8-13(14)16)15(19)18-9-10-2-5-12(17)6-3-10/h2-8H,9H2,1H3,(H,18,19). The minimum atomic E-state index is -0.136. The van der Waals surface area contributed by atoms with Gasteiger partial charge in [0, 0.05) is 17.1 Å². The summed E-state index contributed by atoms with van der Waals surface area (Å²) in [6.45, 7) is 0.458. The van der Waals surface area contributed by atoms with E-state index in [1.807, 2.05) is 12.1 Å². The molecule has 0 aliphatic heterocycles. The number of halogens is 2. The number of hydrogen-bond donors (Lipinski definition) is 1. The molecule has 2 rings (SSSR count). The number of ether oxygens (including phenoxy) is 1. The van der Waals surface area contributed by atoms with E-state index >= 15 is 0 Å². The molecule has 5 heteroatoms. The van der Waals surface area contributed by atoms with Crippen molar-refractivity contribution in [3.05, 3.63) is 63.1 Å². The van der Waals surface area contributed by atoms with Gasteiger partial charge >= 0.3 is 0 Å². The van der Waals surface area contributed by atoms with Gasteiger partial charge in [0.1, 0.15) is 5.75 Å². The lowest BCUT2D eigenvalue weighted by atomic mass is 10.2. The van der Waals surface area contributed by atoms with Gasteiger partial charge < -0.3 is 10.1 Å². The molecule has 0 aliphatic carbocycles. The van der Waals surface area contributed by atoms with Crippen molar-refractivity contribution in [3.8, 4) is 5.75 Å². The SMILES string of the molecule is COc1ccc(C(=O)NCc2ccc(Cl)cc2)cc1Br. The molecule has 0 atom stereocenters. The Morgan fingerprint density at radius 2 is 1.95 bits per heavy atom. The van der Waals surface area contributed by atoms with Crippen LogP contribution in [0.25, 0.3) is 0 Å². The molecule has 2 aromatic carbocycles. The third-order valence-corrected chi connectivity index (χ3v) is 3.65. The Labute approximate surface area is 131 Å². The zero-order chi connectivity index (χ0) is 14.5. The first-order valence-corrected chi connectivity index (χ1v) is 7.13. The van der Waals surface area contributed by atoms with Crippen LogP contribution < -0.4 is 10.1 Å². The van der Waals surface area contributed by atoms with Crippen LogP contribution in [0.5, 0.6) is 5.75 Å². The van der Waals surface area contributed by atoms with Crippen molar-refractivity contribution in [2.24, 2.45) is 0 Å². The summed E-state index contributed by atoms with van der Waals surface area (Å²) in [5.74, 6) is 0.558. The summed E-state index contributed by atoms with van der Waals surface area (Å²) < 4.78 is 5.88. The summed E-state index contributed by atoms with van der Waals surface area (Å²) in [5, 5.41) is 3.54. The summed E-state index contributed by atoms with van der Waals surface area (Å²) in [5.41, 5.74) is 1.57. The second-order valence-electron chi connectivity index (χ2n) is 4.16. The van der Waals surface area contributed by atoms with Gasteiger partial charge in [-0.2, -0.15) is 0 Å². The van der Waals surface area contributed by atoms with Crippen molar-refractivity contribution >= 4 is 33.4 Å². The fourth-order valence-electron chi connectivity index (χ4n) is 1.69. The Balaban J connectivity index is 2.01. The fraction of sp³-hybridized carbons (Fsp3) is 0.133. The van der Waals surface area contributed by atoms with Gasteiger partial charge in [0.2, 0.25) is 0 Å². The van der Waals surface area contributed by atoms with Crippen LogP contribution in [0.4, 0.5) is 0 Å². The van der Waals surface area contributed by atoms with Gasteiger partial charge in [0.25, 0.3) is 5.91 Å². The Kier molecular flexibility index (Phi) is 5.04. The molecule has 0 unspecified atom stereocenters. The molecule has 3 nitrogen and oxygen atoms in total. The molecule has 0 fully saturated rings. The number of nitrogens with one attached hydrogen (secondary N) is 1. The Bertz CT molecular complexity index is 614. The zero-order valence-corrected chi connectivity index (χ0v) is 13.2. The Morgan fingerprint density at radius 1 is 1.25 bits per heavy atom. The fourth-order valence-corrected chi connectivity index (χ4v) is 2.36. The van der Waals surface area contributed by atoms with E-state index in [9.17, 15) is 4.79 Å². The highest BCUT2D eigenvalue weighted by molar-refractivity contribution is 9.10. The maximum Gasteiger partial charge on any atom is 0.251 e. The van der Waals surface area contributed by atoms with Crippen LogP contribution in [-0.4, -0.2) is 13.0 Å². The highest BCUT2D eigenvalue weighted by atomic mass is 79.9. The largest absolute Gasteiger partial charge is 0.496 e. The molecular weight excluding hydrogens is 342 g/mol. The van der Waals surface area contributed by atoms with Gasteiger partial charge in [0.05, 0.1) is 11.6 Å². The molecular formula is C15H13BrClNO2. The van der Waals surface area contributed by atoms with E-state index in [2.05, 4.69) is 21.2 Å². The first-order valence-electron chi connectivity index (χ1n) is 5.96. The topological polar surface area (TPSA) is 38.3 Å². The molecule has 104 valence electrons. The molecule has 0 aromatic heterocycles. The van der Waals surface area contributed by atoms with Crippen molar-refractivity contribution in [2.75, 3.05) is 7.11 Å². The summed E-state index contributed by atoms with van der Waals surface area (Å²) in [6, 6.07) is 12.6. The number of benzene rings is 2. The Hall–Kier alpha value is -1.52. The van der Waals surface area contributed by atoms with E-state index in [0.717, 1.165) is 10.0 Å². The molecule has 0 radical (unpaired) electrons. The second-order valence-corrected chi connectivity index (χ2v) is 5.45. The minimum Gasteiger partial charge on any atom is -0.496 e. The molecule has 0 spiro atoms. The maximum absolute atomic E-state index is 12.0. The summed E-state index contributed by atoms with van der Waals surface area (Å²) in [6.07, 6.45) is 0. The first kappa shape index (κ1) is 14.9. The molecule has 0 heterocycles. The van der Waals surface area contributed by atoms with Crippen LogP contribution in [0.1, 0.15) is 15.9 Å². The van der Waals surface area contributed by atoms with Crippen LogP contribution in [0.15, 0.2) is 46.9 Å². The normalized spacial score (nSPS) is 10.2.